The third kappa shape index (κ3) is 6.76. The molecule has 0 radical (unpaired) electrons. The fraction of sp³-hybridized carbons (Fsp3) is 0.167. The summed E-state index contributed by atoms with van der Waals surface area (Å²) in [6, 6.07) is 12.4. The zero-order valence-electron chi connectivity index (χ0n) is 13.4. The zero-order valence-corrected chi connectivity index (χ0v) is 14.2. The molecule has 1 N–H and O–H groups in total. The van der Waals surface area contributed by atoms with Crippen LogP contribution in [0.5, 0.6) is 0 Å². The average molecular weight is 360 g/mol. The Balaban J connectivity index is 1.69. The van der Waals surface area contributed by atoms with Crippen LogP contribution in [0.4, 0.5) is 10.1 Å². The maximum atomic E-state index is 12.8. The van der Waals surface area contributed by atoms with Crippen molar-refractivity contribution >= 4 is 29.4 Å². The summed E-state index contributed by atoms with van der Waals surface area (Å²) < 4.78 is 12.8. The number of thioether (sulfide) groups is 1. The molecule has 0 aliphatic carbocycles. The van der Waals surface area contributed by atoms with Gasteiger partial charge in [-0.15, -0.1) is 11.8 Å². The highest BCUT2D eigenvalue weighted by molar-refractivity contribution is 7.99. The second-order valence-electron chi connectivity index (χ2n) is 5.13. The van der Waals surface area contributed by atoms with Crippen LogP contribution >= 0.6 is 11.8 Å². The number of nitrogens with zero attached hydrogens (tertiary/aromatic N) is 1. The van der Waals surface area contributed by atoms with E-state index in [1.54, 1.807) is 36.0 Å². The van der Waals surface area contributed by atoms with E-state index in [1.165, 1.54) is 36.4 Å². The van der Waals surface area contributed by atoms with Gasteiger partial charge in [0.25, 0.3) is 5.69 Å². The van der Waals surface area contributed by atoms with E-state index in [9.17, 15) is 19.3 Å². The fourth-order valence-corrected chi connectivity index (χ4v) is 2.83. The molecule has 2 aromatic carbocycles. The smallest absolute Gasteiger partial charge is 0.270 e. The van der Waals surface area contributed by atoms with Gasteiger partial charge in [-0.3, -0.25) is 14.9 Å². The Hall–Kier alpha value is -2.67. The third-order valence-corrected chi connectivity index (χ3v) is 4.31. The van der Waals surface area contributed by atoms with Crippen molar-refractivity contribution in [2.24, 2.45) is 0 Å². The Bertz CT molecular complexity index is 763. The van der Waals surface area contributed by atoms with Gasteiger partial charge in [-0.1, -0.05) is 12.1 Å². The molecule has 0 saturated heterocycles. The molecule has 0 atom stereocenters. The normalized spacial score (nSPS) is 10.8. The maximum Gasteiger partial charge on any atom is 0.270 e. The number of amides is 1. The Labute approximate surface area is 149 Å². The molecular weight excluding hydrogens is 343 g/mol. The molecule has 0 aliphatic heterocycles. The summed E-state index contributed by atoms with van der Waals surface area (Å²) in [5, 5.41) is 13.4. The van der Waals surface area contributed by atoms with Crippen LogP contribution in [0.2, 0.25) is 0 Å². The fourth-order valence-electron chi connectivity index (χ4n) is 1.98. The monoisotopic (exact) mass is 360 g/mol. The van der Waals surface area contributed by atoms with Gasteiger partial charge in [0.05, 0.1) is 4.92 Å². The molecule has 0 aliphatic rings. The van der Waals surface area contributed by atoms with E-state index in [0.717, 1.165) is 17.1 Å². The molecule has 7 heteroatoms. The van der Waals surface area contributed by atoms with Gasteiger partial charge >= 0.3 is 0 Å². The molecule has 5 nitrogen and oxygen atoms in total. The van der Waals surface area contributed by atoms with Gasteiger partial charge < -0.3 is 5.32 Å². The minimum Gasteiger partial charge on any atom is -0.353 e. The number of carbonyl (C=O) groups is 1. The average Bonchev–Trinajstić information content (AvgIpc) is 2.61. The SMILES string of the molecule is O=C(/C=C/c1cccc([N+](=O)[O-])c1)NCCCSc1ccc(F)cc1. The molecule has 130 valence electrons. The summed E-state index contributed by atoms with van der Waals surface area (Å²) in [5.74, 6) is 0.297. The standard InChI is InChI=1S/C18H17FN2O3S/c19-15-6-8-17(9-7-15)25-12-2-11-20-18(22)10-5-14-3-1-4-16(13-14)21(23)24/h1,3-10,13H,2,11-12H2,(H,20,22)/b10-5+. The molecule has 0 fully saturated rings. The Morgan fingerprint density at radius 2 is 2.00 bits per heavy atom. The molecule has 0 saturated carbocycles. The lowest BCUT2D eigenvalue weighted by molar-refractivity contribution is -0.384. The summed E-state index contributed by atoms with van der Waals surface area (Å²) in [6.07, 6.45) is 3.67. The van der Waals surface area contributed by atoms with Gasteiger partial charge in [0.1, 0.15) is 5.82 Å². The van der Waals surface area contributed by atoms with Crippen molar-refractivity contribution in [1.82, 2.24) is 5.32 Å². The lowest BCUT2D eigenvalue weighted by Crippen LogP contribution is -2.22. The molecule has 2 aromatic rings. The highest BCUT2D eigenvalue weighted by Crippen LogP contribution is 2.18. The van der Waals surface area contributed by atoms with Gasteiger partial charge in [-0.2, -0.15) is 0 Å². The number of nitro groups is 1. The lowest BCUT2D eigenvalue weighted by Gasteiger charge is -2.03. The van der Waals surface area contributed by atoms with Crippen LogP contribution in [0.15, 0.2) is 59.5 Å². The number of benzene rings is 2. The summed E-state index contributed by atoms with van der Waals surface area (Å²) in [7, 11) is 0. The maximum absolute atomic E-state index is 12.8. The van der Waals surface area contributed by atoms with Gasteiger partial charge in [-0.25, -0.2) is 4.39 Å². The zero-order chi connectivity index (χ0) is 18.1. The van der Waals surface area contributed by atoms with E-state index in [1.807, 2.05) is 0 Å². The summed E-state index contributed by atoms with van der Waals surface area (Å²) in [5.41, 5.74) is 0.580. The summed E-state index contributed by atoms with van der Waals surface area (Å²) in [6.45, 7) is 0.520. The third-order valence-electron chi connectivity index (χ3n) is 3.21. The molecule has 0 bridgehead atoms. The highest BCUT2D eigenvalue weighted by Gasteiger charge is 2.04. The Morgan fingerprint density at radius 3 is 2.72 bits per heavy atom. The number of carbonyl (C=O) groups excluding carboxylic acids is 1. The molecule has 0 spiro atoms. The minimum absolute atomic E-state index is 0.0135. The van der Waals surface area contributed by atoms with E-state index in [0.29, 0.717) is 12.1 Å². The first-order chi connectivity index (χ1) is 12.0. The Morgan fingerprint density at radius 1 is 1.24 bits per heavy atom. The summed E-state index contributed by atoms with van der Waals surface area (Å²) >= 11 is 1.60. The van der Waals surface area contributed by atoms with Crippen molar-refractivity contribution < 1.29 is 14.1 Å². The number of hydrogen-bond acceptors (Lipinski definition) is 4. The highest BCUT2D eigenvalue weighted by atomic mass is 32.2. The first kappa shape index (κ1) is 18.7. The topological polar surface area (TPSA) is 72.2 Å². The van der Waals surface area contributed by atoms with Crippen molar-refractivity contribution in [2.45, 2.75) is 11.3 Å². The predicted molar refractivity (Wildman–Crippen MR) is 96.9 cm³/mol. The Kier molecular flexibility index (Phi) is 7.16. The largest absolute Gasteiger partial charge is 0.353 e. The summed E-state index contributed by atoms with van der Waals surface area (Å²) in [4.78, 5) is 22.9. The van der Waals surface area contributed by atoms with Crippen LogP contribution in [0.1, 0.15) is 12.0 Å². The van der Waals surface area contributed by atoms with Crippen LogP contribution in [0, 0.1) is 15.9 Å². The van der Waals surface area contributed by atoms with E-state index >= 15 is 0 Å². The second kappa shape index (κ2) is 9.58. The van der Waals surface area contributed by atoms with Crippen molar-refractivity contribution in [3.8, 4) is 0 Å². The number of nitrogens with one attached hydrogen (secondary N) is 1. The van der Waals surface area contributed by atoms with Crippen molar-refractivity contribution in [3.05, 3.63) is 76.1 Å². The van der Waals surface area contributed by atoms with Crippen molar-refractivity contribution in [2.75, 3.05) is 12.3 Å². The predicted octanol–water partition coefficient (Wildman–Crippen LogP) is 4.05. The van der Waals surface area contributed by atoms with Crippen LogP contribution in [0.25, 0.3) is 6.08 Å². The van der Waals surface area contributed by atoms with E-state index < -0.39 is 4.92 Å². The minimum atomic E-state index is -0.476. The van der Waals surface area contributed by atoms with Gasteiger partial charge in [0, 0.05) is 29.6 Å². The first-order valence-electron chi connectivity index (χ1n) is 7.63. The van der Waals surface area contributed by atoms with Crippen LogP contribution in [-0.2, 0) is 4.79 Å². The number of rotatable bonds is 8. The number of nitro benzene ring substituents is 1. The van der Waals surface area contributed by atoms with E-state index in [2.05, 4.69) is 5.32 Å². The number of hydrogen-bond donors (Lipinski definition) is 1. The first-order valence-corrected chi connectivity index (χ1v) is 8.62. The molecule has 1 amide bonds. The molecule has 0 aromatic heterocycles. The van der Waals surface area contributed by atoms with E-state index in [4.69, 9.17) is 0 Å². The second-order valence-corrected chi connectivity index (χ2v) is 6.30. The van der Waals surface area contributed by atoms with Gasteiger partial charge in [0.2, 0.25) is 5.91 Å². The van der Waals surface area contributed by atoms with Crippen LogP contribution in [-0.4, -0.2) is 23.1 Å². The van der Waals surface area contributed by atoms with Crippen LogP contribution in [0.3, 0.4) is 0 Å². The van der Waals surface area contributed by atoms with Gasteiger partial charge in [-0.05, 0) is 48.1 Å². The van der Waals surface area contributed by atoms with Crippen LogP contribution < -0.4 is 5.32 Å². The molecule has 25 heavy (non-hydrogen) atoms. The van der Waals surface area contributed by atoms with Gasteiger partial charge in [0.15, 0.2) is 0 Å². The number of halogens is 1. The van der Waals surface area contributed by atoms with E-state index in [-0.39, 0.29) is 17.4 Å². The quantitative estimate of drug-likeness (QED) is 0.253. The number of non-ortho nitro benzene ring substituents is 1. The molecule has 2 rings (SSSR count). The lowest BCUT2D eigenvalue weighted by atomic mass is 10.2. The van der Waals surface area contributed by atoms with Crippen molar-refractivity contribution in [1.29, 1.82) is 0 Å². The molecular formula is C18H17FN2O3S. The molecule has 0 heterocycles. The van der Waals surface area contributed by atoms with Crippen molar-refractivity contribution in [3.63, 3.8) is 0 Å². The molecule has 0 unspecified atom stereocenters.